The van der Waals surface area contributed by atoms with Gasteiger partial charge in [0.05, 0.1) is 12.2 Å². The molecule has 120 valence electrons. The molecule has 0 aromatic carbocycles. The lowest BCUT2D eigenvalue weighted by Gasteiger charge is -2.61. The summed E-state index contributed by atoms with van der Waals surface area (Å²) in [6.07, 6.45) is 10.7. The lowest BCUT2D eigenvalue weighted by atomic mass is 9.44. The number of rotatable bonds is 0. The summed E-state index contributed by atoms with van der Waals surface area (Å²) in [5.41, 5.74) is 0.333. The van der Waals surface area contributed by atoms with E-state index in [0.29, 0.717) is 11.8 Å². The van der Waals surface area contributed by atoms with Gasteiger partial charge in [-0.3, -0.25) is 0 Å². The van der Waals surface area contributed by atoms with Crippen molar-refractivity contribution in [2.24, 2.45) is 34.5 Å². The van der Waals surface area contributed by atoms with Crippen molar-refractivity contribution in [2.75, 3.05) is 0 Å². The molecule has 0 aliphatic heterocycles. The van der Waals surface area contributed by atoms with Crippen LogP contribution < -0.4 is 0 Å². The van der Waals surface area contributed by atoms with Gasteiger partial charge >= 0.3 is 0 Å². The van der Waals surface area contributed by atoms with Gasteiger partial charge in [0.1, 0.15) is 0 Å². The number of aliphatic hydroxyl groups is 2. The van der Waals surface area contributed by atoms with Crippen LogP contribution in [0.2, 0.25) is 0 Å². The Morgan fingerprint density at radius 1 is 0.762 bits per heavy atom. The predicted molar refractivity (Wildman–Crippen MR) is 83.7 cm³/mol. The van der Waals surface area contributed by atoms with Gasteiger partial charge in [0, 0.05) is 0 Å². The zero-order valence-electron chi connectivity index (χ0n) is 13.7. The number of hydrogen-bond acceptors (Lipinski definition) is 2. The molecule has 2 N–H and O–H groups in total. The molecule has 0 saturated heterocycles. The highest BCUT2D eigenvalue weighted by molar-refractivity contribution is 5.10. The SMILES string of the molecule is C[C@]12C(O)CCC[C@@H]1CC[C@@H]1[C@@H]2CC[C@]2(C)C(O)CC[C@@H]12. The van der Waals surface area contributed by atoms with Crippen molar-refractivity contribution in [3.63, 3.8) is 0 Å². The van der Waals surface area contributed by atoms with Crippen LogP contribution in [0.15, 0.2) is 0 Å². The Morgan fingerprint density at radius 2 is 1.57 bits per heavy atom. The molecule has 0 heterocycles. The quantitative estimate of drug-likeness (QED) is 0.714. The van der Waals surface area contributed by atoms with E-state index in [1.807, 2.05) is 0 Å². The molecule has 21 heavy (non-hydrogen) atoms. The van der Waals surface area contributed by atoms with Gasteiger partial charge in [0.25, 0.3) is 0 Å². The molecule has 4 fully saturated rings. The monoisotopic (exact) mass is 292 g/mol. The first kappa shape index (κ1) is 14.5. The van der Waals surface area contributed by atoms with Gasteiger partial charge in [0.15, 0.2) is 0 Å². The van der Waals surface area contributed by atoms with Crippen molar-refractivity contribution < 1.29 is 10.2 Å². The molecular weight excluding hydrogens is 260 g/mol. The van der Waals surface area contributed by atoms with E-state index in [1.165, 1.54) is 44.9 Å². The number of hydrogen-bond donors (Lipinski definition) is 2. The Balaban J connectivity index is 1.67. The molecule has 0 bridgehead atoms. The molecule has 0 spiro atoms. The Morgan fingerprint density at radius 3 is 2.38 bits per heavy atom. The minimum atomic E-state index is -0.0836. The first-order chi connectivity index (χ1) is 9.98. The second-order valence-electron chi connectivity index (χ2n) is 9.10. The molecule has 0 aromatic rings. The van der Waals surface area contributed by atoms with Crippen LogP contribution in [-0.4, -0.2) is 22.4 Å². The molecule has 4 aliphatic carbocycles. The van der Waals surface area contributed by atoms with Crippen molar-refractivity contribution in [3.05, 3.63) is 0 Å². The van der Waals surface area contributed by atoms with Gasteiger partial charge in [-0.25, -0.2) is 0 Å². The van der Waals surface area contributed by atoms with Gasteiger partial charge in [0.2, 0.25) is 0 Å². The summed E-state index contributed by atoms with van der Waals surface area (Å²) in [4.78, 5) is 0. The van der Waals surface area contributed by atoms with Gasteiger partial charge in [-0.05, 0) is 85.9 Å². The first-order valence-corrected chi connectivity index (χ1v) is 9.34. The van der Waals surface area contributed by atoms with Crippen molar-refractivity contribution in [2.45, 2.75) is 83.8 Å². The van der Waals surface area contributed by atoms with Gasteiger partial charge in [-0.15, -0.1) is 0 Å². The lowest BCUT2D eigenvalue weighted by Crippen LogP contribution is -2.57. The zero-order chi connectivity index (χ0) is 14.8. The summed E-state index contributed by atoms with van der Waals surface area (Å²) in [6, 6.07) is 0. The Labute approximate surface area is 129 Å². The van der Waals surface area contributed by atoms with Crippen molar-refractivity contribution in [1.82, 2.24) is 0 Å². The van der Waals surface area contributed by atoms with E-state index < -0.39 is 0 Å². The summed E-state index contributed by atoms with van der Waals surface area (Å²) in [5.74, 6) is 2.92. The molecule has 0 amide bonds. The van der Waals surface area contributed by atoms with Crippen molar-refractivity contribution in [1.29, 1.82) is 0 Å². The van der Waals surface area contributed by atoms with Crippen LogP contribution in [-0.2, 0) is 0 Å². The Kier molecular flexibility index (Phi) is 3.25. The van der Waals surface area contributed by atoms with Crippen molar-refractivity contribution in [3.8, 4) is 0 Å². The van der Waals surface area contributed by atoms with Crippen LogP contribution in [0.3, 0.4) is 0 Å². The van der Waals surface area contributed by atoms with Gasteiger partial charge in [-0.2, -0.15) is 0 Å². The van der Waals surface area contributed by atoms with Crippen molar-refractivity contribution >= 4 is 0 Å². The third-order valence-corrected chi connectivity index (χ3v) is 8.66. The lowest BCUT2D eigenvalue weighted by molar-refractivity contribution is -0.166. The highest BCUT2D eigenvalue weighted by Crippen LogP contribution is 2.66. The van der Waals surface area contributed by atoms with Crippen LogP contribution >= 0.6 is 0 Å². The minimum Gasteiger partial charge on any atom is -0.393 e. The topological polar surface area (TPSA) is 40.5 Å². The molecule has 4 saturated carbocycles. The van der Waals surface area contributed by atoms with Gasteiger partial charge in [-0.1, -0.05) is 20.3 Å². The second-order valence-corrected chi connectivity index (χ2v) is 9.10. The third kappa shape index (κ3) is 1.78. The minimum absolute atomic E-state index is 0.0785. The largest absolute Gasteiger partial charge is 0.393 e. The molecule has 2 heteroatoms. The highest BCUT2D eigenvalue weighted by Gasteiger charge is 2.61. The average Bonchev–Trinajstić information content (AvgIpc) is 2.76. The van der Waals surface area contributed by atoms with Gasteiger partial charge < -0.3 is 10.2 Å². The fourth-order valence-electron chi connectivity index (χ4n) is 7.29. The molecule has 8 atom stereocenters. The maximum Gasteiger partial charge on any atom is 0.0599 e. The molecule has 4 aliphatic rings. The molecule has 2 unspecified atom stereocenters. The summed E-state index contributed by atoms with van der Waals surface area (Å²) in [7, 11) is 0. The predicted octanol–water partition coefficient (Wildman–Crippen LogP) is 3.75. The zero-order valence-corrected chi connectivity index (χ0v) is 13.7. The van der Waals surface area contributed by atoms with E-state index in [-0.39, 0.29) is 23.0 Å². The third-order valence-electron chi connectivity index (χ3n) is 8.66. The first-order valence-electron chi connectivity index (χ1n) is 9.34. The molecule has 0 aromatic heterocycles. The molecule has 4 rings (SSSR count). The normalized spacial score (nSPS) is 60.0. The van der Waals surface area contributed by atoms with Crippen LogP contribution in [0.25, 0.3) is 0 Å². The Bertz CT molecular complexity index is 422. The molecular formula is C19H32O2. The summed E-state index contributed by atoms with van der Waals surface area (Å²) in [6.45, 7) is 4.75. The number of aliphatic hydroxyl groups excluding tert-OH is 2. The van der Waals surface area contributed by atoms with E-state index in [4.69, 9.17) is 0 Å². The average molecular weight is 292 g/mol. The summed E-state index contributed by atoms with van der Waals surface area (Å²) >= 11 is 0. The summed E-state index contributed by atoms with van der Waals surface area (Å²) < 4.78 is 0. The van der Waals surface area contributed by atoms with E-state index in [0.717, 1.165) is 24.7 Å². The maximum atomic E-state index is 10.8. The van der Waals surface area contributed by atoms with E-state index in [9.17, 15) is 10.2 Å². The van der Waals surface area contributed by atoms with Crippen LogP contribution in [0.4, 0.5) is 0 Å². The van der Waals surface area contributed by atoms with E-state index in [2.05, 4.69) is 13.8 Å². The molecule has 0 radical (unpaired) electrons. The molecule has 2 nitrogen and oxygen atoms in total. The van der Waals surface area contributed by atoms with E-state index in [1.54, 1.807) is 0 Å². The maximum absolute atomic E-state index is 10.8. The van der Waals surface area contributed by atoms with E-state index >= 15 is 0 Å². The van der Waals surface area contributed by atoms with Crippen LogP contribution in [0.1, 0.15) is 71.6 Å². The number of fused-ring (bicyclic) bond motifs is 5. The fraction of sp³-hybridized carbons (Fsp3) is 1.00. The fourth-order valence-corrected chi connectivity index (χ4v) is 7.29. The second kappa shape index (κ2) is 4.71. The Hall–Kier alpha value is -0.0800. The smallest absolute Gasteiger partial charge is 0.0599 e. The van der Waals surface area contributed by atoms with Crippen LogP contribution in [0.5, 0.6) is 0 Å². The van der Waals surface area contributed by atoms with Crippen LogP contribution in [0, 0.1) is 34.5 Å². The standard InChI is InChI=1S/C19H32O2/c1-18-11-10-15-13(14(18)8-9-16(18)20)7-6-12-4-3-5-17(21)19(12,15)2/h12-17,20-21H,3-11H2,1-2H3/t12-,13+,14+,15+,16?,17?,18+,19+/m1/s1. The highest BCUT2D eigenvalue weighted by atomic mass is 16.3. The summed E-state index contributed by atoms with van der Waals surface area (Å²) in [5, 5.41) is 21.3.